The predicted molar refractivity (Wildman–Crippen MR) is 433 cm³/mol. The molecule has 10 aliphatic rings. The van der Waals surface area contributed by atoms with Crippen LogP contribution < -0.4 is 62.3 Å². The van der Waals surface area contributed by atoms with Gasteiger partial charge in [0.15, 0.2) is 140 Å². The largest absolute Gasteiger partial charge is 0.472 e. The molecule has 66 nitrogen and oxygen atoms in total. The van der Waals surface area contributed by atoms with Gasteiger partial charge in [-0.15, -0.1) is 5.10 Å². The topological polar surface area (TPSA) is 961 Å². The van der Waals surface area contributed by atoms with Gasteiger partial charge in [-0.3, -0.25) is 96.8 Å². The number of anilines is 6. The monoisotopic (exact) mass is 2010 g/mol. The lowest BCUT2D eigenvalue weighted by atomic mass is 10.1. The van der Waals surface area contributed by atoms with E-state index in [0.717, 1.165) is 15.6 Å². The predicted octanol–water partition coefficient (Wildman–Crippen LogP) is -5.58. The number of fused-ring (bicyclic) bond motifs is 14. The van der Waals surface area contributed by atoms with E-state index in [2.05, 4.69) is 82.0 Å². The van der Waals surface area contributed by atoms with E-state index in [1.54, 1.807) is 0 Å². The van der Waals surface area contributed by atoms with Crippen molar-refractivity contribution in [1.82, 2.24) is 92.7 Å². The van der Waals surface area contributed by atoms with Crippen LogP contribution >= 0.6 is 46.0 Å². The Morgan fingerprint density at radius 3 is 1.44 bits per heavy atom. The molecule has 31 atom stereocenters. The Kier molecular flexibility index (Phi) is 25.2. The number of aliphatic hydroxyl groups excluding tert-OH is 5. The van der Waals surface area contributed by atoms with Crippen LogP contribution in [0, 0.1) is 0 Å². The lowest BCUT2D eigenvalue weighted by Crippen LogP contribution is -2.36. The summed E-state index contributed by atoms with van der Waals surface area (Å²) in [5.41, 5.74) is 46.0. The summed E-state index contributed by atoms with van der Waals surface area (Å²) < 4.78 is 199. The average molecular weight is 2010 g/mol. The van der Waals surface area contributed by atoms with Crippen LogP contribution in [0.1, 0.15) is 54.9 Å². The average Bonchev–Trinajstić information content (AvgIpc) is 1.61. The molecular weight excluding hydrogens is 1940 g/mol. The molecule has 9 fully saturated rings. The van der Waals surface area contributed by atoms with Crippen molar-refractivity contribution >= 4 is 137 Å². The third-order valence-electron chi connectivity index (χ3n) is 21.5. The quantitative estimate of drug-likeness (QED) is 0.0662. The van der Waals surface area contributed by atoms with Gasteiger partial charge in [-0.25, -0.2) is 53.4 Å². The number of nitrogens with zero attached hydrogens (tertiary/aromatic N) is 18. The first-order valence-electron chi connectivity index (χ1n) is 38.7. The van der Waals surface area contributed by atoms with Gasteiger partial charge in [0.25, 0.3) is 11.1 Å². The number of H-pyrrole nitrogens is 2. The van der Waals surface area contributed by atoms with Crippen LogP contribution in [0.25, 0.3) is 50.4 Å². The minimum Gasteiger partial charge on any atom is -0.397 e. The molecule has 20 rings (SSSR count). The number of nitrogen functional groups attached to an aromatic ring is 5. The molecule has 9 saturated heterocycles. The Morgan fingerprint density at radius 1 is 0.463 bits per heavy atom. The lowest BCUT2D eigenvalue weighted by molar-refractivity contribution is -0.175. The highest BCUT2D eigenvalue weighted by atomic mass is 31.2. The van der Waals surface area contributed by atoms with Crippen molar-refractivity contribution in [2.75, 3.05) is 72.6 Å². The van der Waals surface area contributed by atoms with Crippen molar-refractivity contribution in [1.29, 1.82) is 0 Å². The number of guanidine groups is 1. The molecule has 726 valence electrons. The molecule has 0 spiro atoms. The number of aliphatic hydroxyl groups is 5. The molecule has 0 aliphatic carbocycles. The summed E-state index contributed by atoms with van der Waals surface area (Å²) in [5.74, 6) is -0.594. The van der Waals surface area contributed by atoms with Gasteiger partial charge < -0.3 is 153 Å². The molecule has 13 unspecified atom stereocenters. The second-order valence-electron chi connectivity index (χ2n) is 30.6. The highest BCUT2D eigenvalue weighted by Crippen LogP contribution is 2.59. The number of aromatic nitrogens is 19. The molecule has 0 radical (unpaired) electrons. The van der Waals surface area contributed by atoms with Crippen LogP contribution in [-0.4, -0.2) is 303 Å². The molecule has 10 aromatic heterocycles. The third kappa shape index (κ3) is 18.2. The number of imidazole rings is 5. The van der Waals surface area contributed by atoms with Crippen molar-refractivity contribution in [3.8, 4) is 0 Å². The van der Waals surface area contributed by atoms with Gasteiger partial charge in [0.2, 0.25) is 11.9 Å². The zero-order valence-corrected chi connectivity index (χ0v) is 72.7. The number of nitrogens with two attached hydrogens (primary N) is 8. The number of hydrogen-bond donors (Lipinski definition) is 22. The fraction of sp³-hybridized carbons (Fsp3) is 0.508. The summed E-state index contributed by atoms with van der Waals surface area (Å²) in [6, 6.07) is 3.01. The Morgan fingerprint density at radius 2 is 0.888 bits per heavy atom. The van der Waals surface area contributed by atoms with E-state index in [4.69, 9.17) is 129 Å². The number of phosphoric ester groups is 2. The summed E-state index contributed by atoms with van der Waals surface area (Å²) in [6.45, 7) is 1.90. The first kappa shape index (κ1) is 94.6. The number of nitrogens with one attached hydrogen (secondary N) is 3. The van der Waals surface area contributed by atoms with Crippen molar-refractivity contribution in [3.05, 3.63) is 94.8 Å². The zero-order chi connectivity index (χ0) is 95.4. The highest BCUT2D eigenvalue weighted by molar-refractivity contribution is 7.53. The van der Waals surface area contributed by atoms with Crippen molar-refractivity contribution < 1.29 is 170 Å². The Bertz CT molecular complexity index is 6410. The highest BCUT2D eigenvalue weighted by Gasteiger charge is 2.60. The number of pyridine rings is 2. The van der Waals surface area contributed by atoms with Crippen molar-refractivity contribution in [2.24, 2.45) is 22.2 Å². The van der Waals surface area contributed by atoms with Gasteiger partial charge in [0, 0.05) is 12.4 Å². The van der Waals surface area contributed by atoms with Gasteiger partial charge in [-0.2, -0.15) is 14.6 Å². The molecule has 6 bridgehead atoms. The second-order valence-corrected chi connectivity index (χ2v) is 40.3. The fourth-order valence-electron chi connectivity index (χ4n) is 15.5. The Labute approximate surface area is 741 Å². The molecule has 0 saturated carbocycles. The zero-order valence-electron chi connectivity index (χ0n) is 67.3. The number of halogens is 1. The molecule has 0 amide bonds. The molecule has 10 aliphatic heterocycles. The van der Waals surface area contributed by atoms with Gasteiger partial charge in [-0.05, 0) is 12.1 Å². The molecule has 73 heteroatoms. The molecule has 20 heterocycles. The summed E-state index contributed by atoms with van der Waals surface area (Å²) >= 11 is 0. The minimum atomic E-state index is -5.20. The van der Waals surface area contributed by atoms with Crippen LogP contribution in [0.2, 0.25) is 0 Å². The first-order chi connectivity index (χ1) is 63.3. The SMILES string of the molecule is C=C(N)c1ncn([C@@H]2O[C@@H]3COP(=O)(O)OC4[C@@H](O)[C@@H](OCP(=O)(O)O[C@@H]3C2O)O[C@H]4n2cnc3c2NC(N)=NC3N)c1N.Nc1nc2c(ncn2[C@@H]2O[C@@H]3OCP(=O)(O)O[C@@H]4C(O)[C@H](n5cnc6c(N)ccnc65)O[C@@H]4COP(=O)(O)OC2[C@H]3F)c(=O)[nH]1.Nc1nc2c(nnn2[C@@H]2O[C@@H]3OCP(=O)(O)O[C@@H]4C(O)[C@H](n5cnc6c(N)ccnc65)O[C@@H]4OCP(=O)(O)OC2[C@H]3O)c(=O)[nH]1. The number of rotatable bonds is 7. The summed E-state index contributed by atoms with van der Waals surface area (Å²) in [5, 5.41) is 65.5. The van der Waals surface area contributed by atoms with Crippen LogP contribution in [0.5, 0.6) is 0 Å². The smallest absolute Gasteiger partial charge is 0.397 e. The van der Waals surface area contributed by atoms with Gasteiger partial charge in [0.05, 0.1) is 61.9 Å². The number of aromatic amines is 2. The summed E-state index contributed by atoms with van der Waals surface area (Å²) in [7, 11) is -29.6. The maximum atomic E-state index is 15.7. The number of hydrogen-bond acceptors (Lipinski definition) is 52. The standard InChI is InChI=1S/C21H24FN9O12P2.C20H24N10O13P2.C20H30N10O12P2/c22-9-14-19(31-5-27-11-16(31)28-21(24)29-17(11)33)41-20(9)38-6-44(34,35)42-13-8(3-39-45(36,37)43-14)40-18(12(13)32)30-4-26-10-7(23)1-2-25-15(10)30;21-6-1-2-23-13-7(6)24-3-29(13)16-9(31)12-19(40-16)39-5-44(34,35)42-11-10(32)18(38-4-45(36,37)43-12)41-17(11)30-14-8(27-28-30)15(33)26-20(22)25-14;1-6(21)8-15(23)29(3-25-8)17-10(31)12-7(39-17)2-38-44(35,36)42-13-11(32)19(37-5-43(33,34)41-12)40-18(13)30-4-26-9-14(22)27-20(24)28-16(9)30/h1-2,4-5,8-9,12-14,18-20,32H,3,6H2,(H2,23,25)(H,34,35)(H,36,37)(H3,24,28,29,33);1-3,9-12,16-19,31-32H,4-5H2,(H2,21,23)(H,34,35)(H,36,37)(H3,22,25,26,33);3-4,7,10-14,17-19,31-32H,1-2,5,21-23H2,(H,33,34)(H,35,36)(H3,24,27,28)/t8-,9-,12?,13+,14?,18-,19-,20+;9?,10-,11?,12-,16-,17-,18+,19+;7-,10?,11-,12+,13?,14?,17-,18-,19+/m111/s1. The molecular formula is C61H78FN29O37P6. The normalized spacial score (nSPS) is 38.8. The van der Waals surface area contributed by atoms with Crippen LogP contribution in [-0.2, 0) is 111 Å². The molecule has 30 N–H and O–H groups in total. The maximum absolute atomic E-state index is 15.7. The van der Waals surface area contributed by atoms with Gasteiger partial charge in [-0.1, -0.05) is 11.8 Å². The maximum Gasteiger partial charge on any atom is 0.472 e. The number of phosphoric acid groups is 2. The van der Waals surface area contributed by atoms with E-state index in [1.807, 2.05) is 0 Å². The molecule has 134 heavy (non-hydrogen) atoms. The van der Waals surface area contributed by atoms with E-state index in [9.17, 15) is 91.9 Å². The van der Waals surface area contributed by atoms with Crippen LogP contribution in [0.3, 0.4) is 0 Å². The number of ether oxygens (including phenoxy) is 10. The van der Waals surface area contributed by atoms with Gasteiger partial charge in [0.1, 0.15) is 113 Å². The Hall–Kier alpha value is -9.79. The third-order valence-corrected chi connectivity index (χ3v) is 27.7. The summed E-state index contributed by atoms with van der Waals surface area (Å²) in [4.78, 5) is 134. The summed E-state index contributed by atoms with van der Waals surface area (Å²) in [6.07, 6.45) is -37.1. The van der Waals surface area contributed by atoms with E-state index >= 15 is 4.39 Å². The Balaban J connectivity index is 0.000000134. The number of alkyl halides is 1. The van der Waals surface area contributed by atoms with Crippen molar-refractivity contribution in [2.45, 2.75) is 154 Å². The molecule has 10 aromatic rings. The lowest BCUT2D eigenvalue weighted by Gasteiger charge is -2.27. The van der Waals surface area contributed by atoms with Crippen molar-refractivity contribution in [3.63, 3.8) is 0 Å². The van der Waals surface area contributed by atoms with E-state index in [-0.39, 0.29) is 103 Å². The number of aliphatic imine (C=N–C) groups is 1. The van der Waals surface area contributed by atoms with E-state index in [0.29, 0.717) is 0 Å². The molecule has 0 aromatic carbocycles. The van der Waals surface area contributed by atoms with Crippen LogP contribution in [0.15, 0.2) is 77.3 Å². The van der Waals surface area contributed by atoms with Crippen LogP contribution in [0.4, 0.5) is 39.3 Å². The van der Waals surface area contributed by atoms with E-state index in [1.165, 1.54) is 68.1 Å². The van der Waals surface area contributed by atoms with E-state index < -0.39 is 250 Å². The fourth-order valence-corrected chi connectivity index (χ4v) is 21.5. The first-order valence-corrected chi connectivity index (χ1v) is 48.8. The second kappa shape index (κ2) is 35.6. The van der Waals surface area contributed by atoms with Gasteiger partial charge >= 0.3 is 46.0 Å². The minimum absolute atomic E-state index is 0.0232.